The lowest BCUT2D eigenvalue weighted by Gasteiger charge is -2.14. The van der Waals surface area contributed by atoms with Crippen molar-refractivity contribution in [1.82, 2.24) is 9.13 Å². The molecule has 4 nitrogen and oxygen atoms in total. The standard InChI is InChI=1S/C18H18N2O2S/c1-19-15-16(21)13-9-5-6-10-14(13)23-17(15)20(18(19)22)11-12-7-3-2-4-8-12/h2-4,7-8H,5-6,9-11H2,1H3. The van der Waals surface area contributed by atoms with Crippen LogP contribution < -0.4 is 11.1 Å². The number of aryl methyl sites for hydroxylation is 2. The number of hydrogen-bond donors (Lipinski definition) is 0. The van der Waals surface area contributed by atoms with Crippen LogP contribution in [0.1, 0.15) is 28.8 Å². The first-order valence-electron chi connectivity index (χ1n) is 7.95. The third-order valence-corrected chi connectivity index (χ3v) is 5.91. The Bertz CT molecular complexity index is 996. The molecule has 0 aliphatic heterocycles. The predicted octanol–water partition coefficient (Wildman–Crippen LogP) is 2.69. The Morgan fingerprint density at radius 3 is 2.61 bits per heavy atom. The normalized spacial score (nSPS) is 14.1. The van der Waals surface area contributed by atoms with E-state index in [2.05, 4.69) is 0 Å². The fourth-order valence-electron chi connectivity index (χ4n) is 3.38. The van der Waals surface area contributed by atoms with E-state index in [1.165, 1.54) is 9.44 Å². The number of benzene rings is 1. The van der Waals surface area contributed by atoms with Crippen LogP contribution >= 0.6 is 11.3 Å². The zero-order valence-electron chi connectivity index (χ0n) is 13.0. The molecule has 118 valence electrons. The maximum absolute atomic E-state index is 12.8. The van der Waals surface area contributed by atoms with Crippen LogP contribution in [0, 0.1) is 0 Å². The highest BCUT2D eigenvalue weighted by atomic mass is 32.1. The van der Waals surface area contributed by atoms with Gasteiger partial charge in [0.1, 0.15) is 10.3 Å². The van der Waals surface area contributed by atoms with Crippen LogP contribution in [-0.2, 0) is 26.4 Å². The molecule has 1 aromatic carbocycles. The molecule has 0 amide bonds. The highest BCUT2D eigenvalue weighted by Gasteiger charge is 2.21. The van der Waals surface area contributed by atoms with Crippen molar-refractivity contribution >= 4 is 21.7 Å². The van der Waals surface area contributed by atoms with Gasteiger partial charge in [-0.05, 0) is 31.2 Å². The van der Waals surface area contributed by atoms with Crippen molar-refractivity contribution in [2.24, 2.45) is 7.05 Å². The number of nitrogens with zero attached hydrogens (tertiary/aromatic N) is 2. The summed E-state index contributed by atoms with van der Waals surface area (Å²) >= 11 is 1.63. The van der Waals surface area contributed by atoms with Gasteiger partial charge in [-0.1, -0.05) is 30.3 Å². The number of aromatic nitrogens is 2. The quantitative estimate of drug-likeness (QED) is 0.727. The van der Waals surface area contributed by atoms with Crippen molar-refractivity contribution in [3.63, 3.8) is 0 Å². The van der Waals surface area contributed by atoms with Crippen molar-refractivity contribution in [2.45, 2.75) is 32.2 Å². The third-order valence-electron chi connectivity index (χ3n) is 4.61. The smallest absolute Gasteiger partial charge is 0.291 e. The summed E-state index contributed by atoms with van der Waals surface area (Å²) in [5.41, 5.74) is 2.51. The predicted molar refractivity (Wildman–Crippen MR) is 93.5 cm³/mol. The molecule has 0 spiro atoms. The molecule has 0 bridgehead atoms. The van der Waals surface area contributed by atoms with Gasteiger partial charge in [-0.3, -0.25) is 13.9 Å². The monoisotopic (exact) mass is 326 g/mol. The molecule has 1 aliphatic carbocycles. The van der Waals surface area contributed by atoms with E-state index in [-0.39, 0.29) is 11.1 Å². The minimum atomic E-state index is -0.112. The summed E-state index contributed by atoms with van der Waals surface area (Å²) < 4.78 is 3.26. The van der Waals surface area contributed by atoms with Crippen LogP contribution in [-0.4, -0.2) is 9.13 Å². The molecule has 0 N–H and O–H groups in total. The van der Waals surface area contributed by atoms with E-state index in [4.69, 9.17) is 0 Å². The molecule has 0 saturated carbocycles. The van der Waals surface area contributed by atoms with E-state index >= 15 is 0 Å². The van der Waals surface area contributed by atoms with Crippen molar-refractivity contribution < 1.29 is 0 Å². The van der Waals surface area contributed by atoms with E-state index < -0.39 is 0 Å². The topological polar surface area (TPSA) is 44.0 Å². The second kappa shape index (κ2) is 5.49. The van der Waals surface area contributed by atoms with Crippen LogP contribution in [0.2, 0.25) is 0 Å². The van der Waals surface area contributed by atoms with Gasteiger partial charge in [0.15, 0.2) is 0 Å². The minimum Gasteiger partial charge on any atom is -0.291 e. The number of fused-ring (bicyclic) bond motifs is 2. The molecule has 0 atom stereocenters. The summed E-state index contributed by atoms with van der Waals surface area (Å²) in [7, 11) is 1.70. The van der Waals surface area contributed by atoms with Gasteiger partial charge in [-0.2, -0.15) is 0 Å². The second-order valence-electron chi connectivity index (χ2n) is 6.11. The van der Waals surface area contributed by atoms with Gasteiger partial charge < -0.3 is 0 Å². The zero-order valence-corrected chi connectivity index (χ0v) is 13.9. The molecule has 0 saturated heterocycles. The zero-order chi connectivity index (χ0) is 16.0. The molecule has 0 radical (unpaired) electrons. The lowest BCUT2D eigenvalue weighted by atomic mass is 9.98. The van der Waals surface area contributed by atoms with Crippen molar-refractivity contribution in [1.29, 1.82) is 0 Å². The average Bonchev–Trinajstić information content (AvgIpc) is 2.81. The summed E-state index contributed by atoms with van der Waals surface area (Å²) in [4.78, 5) is 27.5. The molecule has 2 aromatic heterocycles. The first-order chi connectivity index (χ1) is 11.2. The highest BCUT2D eigenvalue weighted by Crippen LogP contribution is 2.27. The Kier molecular flexibility index (Phi) is 3.45. The van der Waals surface area contributed by atoms with Gasteiger partial charge in [0.05, 0.1) is 6.54 Å². The summed E-state index contributed by atoms with van der Waals surface area (Å²) in [6.07, 6.45) is 4.00. The van der Waals surface area contributed by atoms with Crippen molar-refractivity contribution in [3.05, 3.63) is 67.0 Å². The molecule has 2 heterocycles. The minimum absolute atomic E-state index is 0.0554. The van der Waals surface area contributed by atoms with Gasteiger partial charge in [-0.25, -0.2) is 4.79 Å². The second-order valence-corrected chi connectivity index (χ2v) is 7.19. The summed E-state index contributed by atoms with van der Waals surface area (Å²) in [5.74, 6) is 0. The molecule has 0 unspecified atom stereocenters. The molecule has 0 fully saturated rings. The number of imidazole rings is 1. The molecular formula is C18H18N2O2S. The molecule has 5 heteroatoms. The van der Waals surface area contributed by atoms with Crippen molar-refractivity contribution in [2.75, 3.05) is 0 Å². The SMILES string of the molecule is Cn1c(=O)n(Cc2ccccc2)c2sc3c(c(=O)c21)CCCC3. The lowest BCUT2D eigenvalue weighted by Crippen LogP contribution is -2.23. The Balaban J connectivity index is 1.98. The highest BCUT2D eigenvalue weighted by molar-refractivity contribution is 7.18. The van der Waals surface area contributed by atoms with E-state index in [1.54, 1.807) is 23.0 Å². The van der Waals surface area contributed by atoms with E-state index in [1.807, 2.05) is 30.3 Å². The van der Waals surface area contributed by atoms with Gasteiger partial charge in [-0.15, -0.1) is 11.3 Å². The number of rotatable bonds is 2. The summed E-state index contributed by atoms with van der Waals surface area (Å²) in [5, 5.41) is 0. The van der Waals surface area contributed by atoms with Crippen LogP contribution in [0.4, 0.5) is 0 Å². The average molecular weight is 326 g/mol. The van der Waals surface area contributed by atoms with Gasteiger partial charge in [0.2, 0.25) is 5.43 Å². The first-order valence-corrected chi connectivity index (χ1v) is 8.76. The maximum atomic E-state index is 12.8. The fourth-order valence-corrected chi connectivity index (χ4v) is 4.76. The number of hydrogen-bond acceptors (Lipinski definition) is 3. The third kappa shape index (κ3) is 2.27. The van der Waals surface area contributed by atoms with Gasteiger partial charge in [0.25, 0.3) is 0 Å². The largest absolute Gasteiger partial charge is 0.329 e. The molecule has 4 rings (SSSR count). The Morgan fingerprint density at radius 2 is 1.83 bits per heavy atom. The Morgan fingerprint density at radius 1 is 1.09 bits per heavy atom. The first kappa shape index (κ1) is 14.5. The van der Waals surface area contributed by atoms with Crippen LogP contribution in [0.25, 0.3) is 10.3 Å². The molecule has 23 heavy (non-hydrogen) atoms. The fraction of sp³-hybridized carbons (Fsp3) is 0.333. The maximum Gasteiger partial charge on any atom is 0.329 e. The van der Waals surface area contributed by atoms with Crippen LogP contribution in [0.3, 0.4) is 0 Å². The summed E-state index contributed by atoms with van der Waals surface area (Å²) in [6, 6.07) is 9.91. The Labute approximate surface area is 137 Å². The van der Waals surface area contributed by atoms with Crippen LogP contribution in [0.15, 0.2) is 39.9 Å². The van der Waals surface area contributed by atoms with Gasteiger partial charge >= 0.3 is 5.69 Å². The van der Waals surface area contributed by atoms with E-state index in [9.17, 15) is 9.59 Å². The molecule has 1 aliphatic rings. The Hall–Kier alpha value is -2.14. The van der Waals surface area contributed by atoms with E-state index in [0.29, 0.717) is 12.1 Å². The molecule has 3 aromatic rings. The lowest BCUT2D eigenvalue weighted by molar-refractivity contribution is 0.692. The van der Waals surface area contributed by atoms with E-state index in [0.717, 1.165) is 41.6 Å². The van der Waals surface area contributed by atoms with Crippen LogP contribution in [0.5, 0.6) is 0 Å². The van der Waals surface area contributed by atoms with Crippen molar-refractivity contribution in [3.8, 4) is 0 Å². The van der Waals surface area contributed by atoms with Gasteiger partial charge in [0, 0.05) is 17.5 Å². The summed E-state index contributed by atoms with van der Waals surface area (Å²) in [6.45, 7) is 0.506. The molecular weight excluding hydrogens is 308 g/mol.